The number of carbonyl (C=O) groups is 1. The molecule has 0 spiro atoms. The molecule has 1 rings (SSSR count). The Morgan fingerprint density at radius 3 is 2.00 bits per heavy atom. The summed E-state index contributed by atoms with van der Waals surface area (Å²) in [5.74, 6) is -0.0289. The number of hydrogen-bond acceptors (Lipinski definition) is 4. The molecule has 2 N–H and O–H groups in total. The van der Waals surface area contributed by atoms with Crippen molar-refractivity contribution in [3.8, 4) is 0 Å². The lowest BCUT2D eigenvalue weighted by Gasteiger charge is -2.38. The van der Waals surface area contributed by atoms with Crippen molar-refractivity contribution in [3.63, 3.8) is 0 Å². The van der Waals surface area contributed by atoms with Crippen LogP contribution in [-0.4, -0.2) is 34.2 Å². The lowest BCUT2D eigenvalue weighted by atomic mass is 9.76. The van der Waals surface area contributed by atoms with Crippen LogP contribution in [0.2, 0.25) is 0 Å². The van der Waals surface area contributed by atoms with Gasteiger partial charge in [0.05, 0.1) is 11.2 Å². The topological polar surface area (TPSA) is 66.8 Å². The van der Waals surface area contributed by atoms with E-state index in [9.17, 15) is 14.9 Å². The van der Waals surface area contributed by atoms with Crippen molar-refractivity contribution in [2.24, 2.45) is 0 Å². The van der Waals surface area contributed by atoms with Crippen LogP contribution in [0.3, 0.4) is 0 Å². The number of aliphatic hydroxyl groups is 1. The molecule has 0 saturated carbocycles. The van der Waals surface area contributed by atoms with Crippen LogP contribution in [0.1, 0.15) is 45.0 Å². The van der Waals surface area contributed by atoms with Crippen molar-refractivity contribution in [1.82, 2.24) is 0 Å². The molecule has 0 bridgehead atoms. The molecule has 19 heavy (non-hydrogen) atoms. The third-order valence-electron chi connectivity index (χ3n) is 3.48. The zero-order valence-corrected chi connectivity index (χ0v) is 12.1. The molecule has 0 heterocycles. The van der Waals surface area contributed by atoms with E-state index < -0.39 is 18.3 Å². The molecule has 0 fully saturated rings. The number of ketones is 1. The van der Waals surface area contributed by atoms with Gasteiger partial charge in [-0.15, -0.1) is 0 Å². The van der Waals surface area contributed by atoms with Gasteiger partial charge in [0.25, 0.3) is 0 Å². The highest BCUT2D eigenvalue weighted by atomic mass is 16.5. The SMILES string of the molecule is CC(=O)c1ccc(B(O)OC(C)(C)C(C)(C)O)cc1. The highest BCUT2D eigenvalue weighted by Gasteiger charge is 2.39. The first-order valence-electron chi connectivity index (χ1n) is 6.24. The van der Waals surface area contributed by atoms with E-state index in [-0.39, 0.29) is 5.78 Å². The monoisotopic (exact) mass is 264 g/mol. The Morgan fingerprint density at radius 2 is 1.63 bits per heavy atom. The molecular formula is C14H21BO4. The van der Waals surface area contributed by atoms with Gasteiger partial charge in [-0.1, -0.05) is 24.3 Å². The molecule has 0 radical (unpaired) electrons. The first kappa shape index (κ1) is 15.9. The normalized spacial score (nSPS) is 12.4. The minimum Gasteiger partial charge on any atom is -0.423 e. The summed E-state index contributed by atoms with van der Waals surface area (Å²) in [4.78, 5) is 11.2. The fourth-order valence-electron chi connectivity index (χ4n) is 1.37. The average molecular weight is 264 g/mol. The lowest BCUT2D eigenvalue weighted by molar-refractivity contribution is -0.0982. The molecule has 0 aliphatic heterocycles. The second-order valence-corrected chi connectivity index (χ2v) is 5.72. The van der Waals surface area contributed by atoms with Gasteiger partial charge in [-0.2, -0.15) is 0 Å². The van der Waals surface area contributed by atoms with Crippen LogP contribution in [0.25, 0.3) is 0 Å². The quantitative estimate of drug-likeness (QED) is 0.618. The van der Waals surface area contributed by atoms with E-state index in [1.54, 1.807) is 52.0 Å². The van der Waals surface area contributed by atoms with Crippen molar-refractivity contribution in [3.05, 3.63) is 29.8 Å². The van der Waals surface area contributed by atoms with Gasteiger partial charge in [0, 0.05) is 5.56 Å². The van der Waals surface area contributed by atoms with Gasteiger partial charge in [0.2, 0.25) is 0 Å². The standard InChI is InChI=1S/C14H21BO4/c1-10(16)11-6-8-12(9-7-11)15(18)19-14(4,5)13(2,3)17/h6-9,17-18H,1-5H3. The van der Waals surface area contributed by atoms with E-state index in [0.29, 0.717) is 11.0 Å². The Morgan fingerprint density at radius 1 is 1.16 bits per heavy atom. The van der Waals surface area contributed by atoms with Crippen LogP contribution in [0.4, 0.5) is 0 Å². The molecule has 0 atom stereocenters. The second-order valence-electron chi connectivity index (χ2n) is 5.72. The van der Waals surface area contributed by atoms with Gasteiger partial charge in [-0.25, -0.2) is 0 Å². The average Bonchev–Trinajstić information content (AvgIpc) is 2.27. The molecule has 0 aromatic heterocycles. The molecule has 1 aromatic carbocycles. The Hall–Kier alpha value is -1.17. The summed E-state index contributed by atoms with van der Waals surface area (Å²) in [6, 6.07) is 6.56. The first-order chi connectivity index (χ1) is 8.54. The van der Waals surface area contributed by atoms with E-state index in [1.807, 2.05) is 0 Å². The van der Waals surface area contributed by atoms with Crippen molar-refractivity contribution in [2.45, 2.75) is 45.8 Å². The highest BCUT2D eigenvalue weighted by molar-refractivity contribution is 6.60. The van der Waals surface area contributed by atoms with Crippen LogP contribution >= 0.6 is 0 Å². The molecule has 0 saturated heterocycles. The fourth-order valence-corrected chi connectivity index (χ4v) is 1.37. The smallest absolute Gasteiger partial charge is 0.423 e. The Labute approximate surface area is 114 Å². The van der Waals surface area contributed by atoms with E-state index in [1.165, 1.54) is 6.92 Å². The summed E-state index contributed by atoms with van der Waals surface area (Å²) in [6.07, 6.45) is 0. The summed E-state index contributed by atoms with van der Waals surface area (Å²) in [5.41, 5.74) is -0.876. The molecule has 0 aliphatic rings. The number of carbonyl (C=O) groups excluding carboxylic acids is 1. The van der Waals surface area contributed by atoms with Crippen molar-refractivity contribution < 1.29 is 19.6 Å². The maximum Gasteiger partial charge on any atom is 0.491 e. The Bertz CT molecular complexity index is 446. The van der Waals surface area contributed by atoms with E-state index >= 15 is 0 Å². The second kappa shape index (κ2) is 5.45. The van der Waals surface area contributed by atoms with Crippen LogP contribution in [0, 0.1) is 0 Å². The van der Waals surface area contributed by atoms with Gasteiger partial charge >= 0.3 is 7.12 Å². The highest BCUT2D eigenvalue weighted by Crippen LogP contribution is 2.25. The minimum absolute atomic E-state index is 0.0289. The number of rotatable bonds is 5. The zero-order chi connectivity index (χ0) is 14.8. The molecular weight excluding hydrogens is 243 g/mol. The third-order valence-corrected chi connectivity index (χ3v) is 3.48. The van der Waals surface area contributed by atoms with Gasteiger partial charge in [-0.05, 0) is 40.1 Å². The molecule has 4 nitrogen and oxygen atoms in total. The lowest BCUT2D eigenvalue weighted by Crippen LogP contribution is -2.53. The maximum absolute atomic E-state index is 11.2. The summed E-state index contributed by atoms with van der Waals surface area (Å²) < 4.78 is 5.51. The predicted octanol–water partition coefficient (Wildman–Crippen LogP) is 1.14. The van der Waals surface area contributed by atoms with E-state index in [4.69, 9.17) is 4.65 Å². The summed E-state index contributed by atoms with van der Waals surface area (Å²) in [7, 11) is -1.15. The molecule has 1 aromatic rings. The molecule has 0 aliphatic carbocycles. The molecule has 0 unspecified atom stereocenters. The Balaban J connectivity index is 2.84. The van der Waals surface area contributed by atoms with E-state index in [2.05, 4.69) is 0 Å². The van der Waals surface area contributed by atoms with Gasteiger partial charge in [0.1, 0.15) is 0 Å². The summed E-state index contributed by atoms with van der Waals surface area (Å²) in [6.45, 7) is 8.15. The summed E-state index contributed by atoms with van der Waals surface area (Å²) in [5, 5.41) is 20.0. The molecule has 104 valence electrons. The fraction of sp³-hybridized carbons (Fsp3) is 0.500. The predicted molar refractivity (Wildman–Crippen MR) is 75.5 cm³/mol. The number of hydrogen-bond donors (Lipinski definition) is 2. The van der Waals surface area contributed by atoms with Crippen LogP contribution < -0.4 is 5.46 Å². The maximum atomic E-state index is 11.2. The molecule has 0 amide bonds. The van der Waals surface area contributed by atoms with Crippen LogP contribution in [-0.2, 0) is 4.65 Å². The van der Waals surface area contributed by atoms with Gasteiger partial charge < -0.3 is 14.8 Å². The largest absolute Gasteiger partial charge is 0.491 e. The number of benzene rings is 1. The number of Topliss-reactive ketones (excluding diaryl/α,β-unsaturated/α-hetero) is 1. The first-order valence-corrected chi connectivity index (χ1v) is 6.24. The Kier molecular flexibility index (Phi) is 4.56. The minimum atomic E-state index is -1.15. The van der Waals surface area contributed by atoms with Crippen LogP contribution in [0.15, 0.2) is 24.3 Å². The zero-order valence-electron chi connectivity index (χ0n) is 12.1. The van der Waals surface area contributed by atoms with Crippen LogP contribution in [0.5, 0.6) is 0 Å². The van der Waals surface area contributed by atoms with Crippen molar-refractivity contribution >= 4 is 18.4 Å². The van der Waals surface area contributed by atoms with E-state index in [0.717, 1.165) is 0 Å². The summed E-state index contributed by atoms with van der Waals surface area (Å²) >= 11 is 0. The van der Waals surface area contributed by atoms with Gasteiger partial charge in [-0.3, -0.25) is 4.79 Å². The molecule has 5 heteroatoms. The third kappa shape index (κ3) is 3.90. The van der Waals surface area contributed by atoms with Crippen molar-refractivity contribution in [1.29, 1.82) is 0 Å². The van der Waals surface area contributed by atoms with Gasteiger partial charge in [0.15, 0.2) is 5.78 Å². The van der Waals surface area contributed by atoms with Crippen molar-refractivity contribution in [2.75, 3.05) is 0 Å².